The van der Waals surface area contributed by atoms with Gasteiger partial charge in [-0.3, -0.25) is 4.79 Å². The van der Waals surface area contributed by atoms with Gasteiger partial charge in [-0.15, -0.1) is 0 Å². The Hall–Kier alpha value is -2.57. The highest BCUT2D eigenvalue weighted by molar-refractivity contribution is 6.06. The first-order valence-corrected chi connectivity index (χ1v) is 6.27. The molecule has 0 aliphatic heterocycles. The topological polar surface area (TPSA) is 80.9 Å². The summed E-state index contributed by atoms with van der Waals surface area (Å²) in [6, 6.07) is 2.85. The molecule has 0 bridgehead atoms. The minimum atomic E-state index is -0.875. The number of amides is 1. The lowest BCUT2D eigenvalue weighted by molar-refractivity contribution is 0.102. The SMILES string of the molecule is CC(C)c1ncc(N)c(C(=O)Nc2ccc(F)cc2F)n1. The molecule has 21 heavy (non-hydrogen) atoms. The van der Waals surface area contributed by atoms with Gasteiger partial charge >= 0.3 is 0 Å². The number of anilines is 2. The molecule has 0 saturated carbocycles. The summed E-state index contributed by atoms with van der Waals surface area (Å²) in [5, 5.41) is 2.31. The van der Waals surface area contributed by atoms with Gasteiger partial charge in [0.05, 0.1) is 17.6 Å². The van der Waals surface area contributed by atoms with E-state index in [1.165, 1.54) is 6.20 Å². The first-order chi connectivity index (χ1) is 9.88. The summed E-state index contributed by atoms with van der Waals surface area (Å²) in [4.78, 5) is 20.2. The van der Waals surface area contributed by atoms with Crippen molar-refractivity contribution in [2.75, 3.05) is 11.1 Å². The Labute approximate surface area is 120 Å². The molecule has 2 aromatic rings. The van der Waals surface area contributed by atoms with E-state index in [2.05, 4.69) is 15.3 Å². The van der Waals surface area contributed by atoms with E-state index in [9.17, 15) is 13.6 Å². The van der Waals surface area contributed by atoms with Crippen LogP contribution >= 0.6 is 0 Å². The summed E-state index contributed by atoms with van der Waals surface area (Å²) in [6.07, 6.45) is 1.33. The second kappa shape index (κ2) is 5.82. The maximum absolute atomic E-state index is 13.5. The number of hydrogen-bond acceptors (Lipinski definition) is 4. The van der Waals surface area contributed by atoms with Crippen molar-refractivity contribution in [1.82, 2.24) is 9.97 Å². The first-order valence-electron chi connectivity index (χ1n) is 6.27. The van der Waals surface area contributed by atoms with Gasteiger partial charge in [0, 0.05) is 12.0 Å². The van der Waals surface area contributed by atoms with Crippen LogP contribution in [0.4, 0.5) is 20.2 Å². The Morgan fingerprint density at radius 2 is 2.05 bits per heavy atom. The highest BCUT2D eigenvalue weighted by Crippen LogP contribution is 2.18. The van der Waals surface area contributed by atoms with Crippen LogP contribution in [0, 0.1) is 11.6 Å². The van der Waals surface area contributed by atoms with Crippen molar-refractivity contribution in [2.24, 2.45) is 0 Å². The Balaban J connectivity index is 2.30. The van der Waals surface area contributed by atoms with E-state index in [0.29, 0.717) is 11.9 Å². The van der Waals surface area contributed by atoms with Crippen LogP contribution in [-0.2, 0) is 0 Å². The Kier molecular flexibility index (Phi) is 4.11. The van der Waals surface area contributed by atoms with Crippen LogP contribution in [0.25, 0.3) is 0 Å². The molecule has 1 aromatic heterocycles. The number of rotatable bonds is 3. The number of halogens is 2. The van der Waals surface area contributed by atoms with Crippen LogP contribution in [-0.4, -0.2) is 15.9 Å². The standard InChI is InChI=1S/C14H14F2N4O/c1-7(2)13-18-6-10(17)12(20-13)14(21)19-11-4-3-8(15)5-9(11)16/h3-7H,17H2,1-2H3,(H,19,21). The molecule has 2 rings (SSSR count). The van der Waals surface area contributed by atoms with Gasteiger partial charge in [0.1, 0.15) is 17.5 Å². The predicted octanol–water partition coefficient (Wildman–Crippen LogP) is 2.71. The molecule has 0 radical (unpaired) electrons. The number of benzene rings is 1. The molecule has 7 heteroatoms. The van der Waals surface area contributed by atoms with E-state index in [1.807, 2.05) is 13.8 Å². The monoisotopic (exact) mass is 292 g/mol. The predicted molar refractivity (Wildman–Crippen MR) is 74.8 cm³/mol. The zero-order chi connectivity index (χ0) is 15.6. The van der Waals surface area contributed by atoms with Crippen molar-refractivity contribution in [3.8, 4) is 0 Å². The molecule has 0 aliphatic rings. The highest BCUT2D eigenvalue weighted by atomic mass is 19.1. The molecule has 0 unspecified atom stereocenters. The van der Waals surface area contributed by atoms with E-state index < -0.39 is 17.5 Å². The van der Waals surface area contributed by atoms with Crippen molar-refractivity contribution in [3.63, 3.8) is 0 Å². The average Bonchev–Trinajstić information content (AvgIpc) is 2.42. The maximum Gasteiger partial charge on any atom is 0.276 e. The van der Waals surface area contributed by atoms with Gasteiger partial charge in [-0.25, -0.2) is 18.7 Å². The molecule has 5 nitrogen and oxygen atoms in total. The van der Waals surface area contributed by atoms with E-state index in [1.54, 1.807) is 0 Å². The normalized spacial score (nSPS) is 10.7. The minimum absolute atomic E-state index is 0.0136. The van der Waals surface area contributed by atoms with E-state index >= 15 is 0 Å². The van der Waals surface area contributed by atoms with Crippen molar-refractivity contribution in [2.45, 2.75) is 19.8 Å². The Morgan fingerprint density at radius 3 is 2.67 bits per heavy atom. The lowest BCUT2D eigenvalue weighted by Crippen LogP contribution is -2.18. The molecule has 1 aromatic carbocycles. The fourth-order valence-electron chi connectivity index (χ4n) is 1.64. The quantitative estimate of drug-likeness (QED) is 0.911. The number of hydrogen-bond donors (Lipinski definition) is 2. The third-order valence-corrected chi connectivity index (χ3v) is 2.75. The summed E-state index contributed by atoms with van der Waals surface area (Å²) >= 11 is 0. The summed E-state index contributed by atoms with van der Waals surface area (Å²) in [6.45, 7) is 3.74. The largest absolute Gasteiger partial charge is 0.396 e. The van der Waals surface area contributed by atoms with Gasteiger partial charge in [-0.05, 0) is 12.1 Å². The number of nitrogens with one attached hydrogen (secondary N) is 1. The zero-order valence-corrected chi connectivity index (χ0v) is 11.5. The second-order valence-corrected chi connectivity index (χ2v) is 4.77. The van der Waals surface area contributed by atoms with Gasteiger partial charge in [0.15, 0.2) is 5.69 Å². The molecule has 110 valence electrons. The average molecular weight is 292 g/mol. The first kappa shape index (κ1) is 14.8. The molecule has 0 atom stereocenters. The molecule has 3 N–H and O–H groups in total. The van der Waals surface area contributed by atoms with Crippen LogP contribution in [0.1, 0.15) is 36.1 Å². The Morgan fingerprint density at radius 1 is 1.33 bits per heavy atom. The van der Waals surface area contributed by atoms with Crippen LogP contribution in [0.2, 0.25) is 0 Å². The summed E-state index contributed by atoms with van der Waals surface area (Å²) in [7, 11) is 0. The molecule has 0 spiro atoms. The molecule has 1 amide bonds. The van der Waals surface area contributed by atoms with Gasteiger partial charge in [-0.1, -0.05) is 13.8 Å². The molecule has 0 aliphatic carbocycles. The maximum atomic E-state index is 13.5. The van der Waals surface area contributed by atoms with Crippen LogP contribution in [0.3, 0.4) is 0 Å². The van der Waals surface area contributed by atoms with Crippen LogP contribution < -0.4 is 11.1 Å². The van der Waals surface area contributed by atoms with Gasteiger partial charge < -0.3 is 11.1 Å². The second-order valence-electron chi connectivity index (χ2n) is 4.77. The number of carbonyl (C=O) groups is 1. The van der Waals surface area contributed by atoms with Crippen molar-refractivity contribution in [1.29, 1.82) is 0 Å². The number of carbonyl (C=O) groups excluding carboxylic acids is 1. The van der Waals surface area contributed by atoms with E-state index in [-0.39, 0.29) is 23.0 Å². The molecular formula is C14H14F2N4O. The summed E-state index contributed by atoms with van der Waals surface area (Å²) < 4.78 is 26.3. The van der Waals surface area contributed by atoms with Crippen LogP contribution in [0.15, 0.2) is 24.4 Å². The summed E-state index contributed by atoms with van der Waals surface area (Å²) in [5.41, 5.74) is 5.56. The third kappa shape index (κ3) is 3.31. The molecule has 1 heterocycles. The van der Waals surface area contributed by atoms with Crippen molar-refractivity contribution < 1.29 is 13.6 Å². The van der Waals surface area contributed by atoms with Crippen LogP contribution in [0.5, 0.6) is 0 Å². The highest BCUT2D eigenvalue weighted by Gasteiger charge is 2.16. The van der Waals surface area contributed by atoms with E-state index in [0.717, 1.165) is 12.1 Å². The lowest BCUT2D eigenvalue weighted by Gasteiger charge is -2.10. The van der Waals surface area contributed by atoms with Gasteiger partial charge in [-0.2, -0.15) is 0 Å². The number of nitrogen functional groups attached to an aromatic ring is 1. The molecule has 0 saturated heterocycles. The molecule has 0 fully saturated rings. The smallest absolute Gasteiger partial charge is 0.276 e. The van der Waals surface area contributed by atoms with E-state index in [4.69, 9.17) is 5.73 Å². The van der Waals surface area contributed by atoms with Gasteiger partial charge in [0.25, 0.3) is 5.91 Å². The fraction of sp³-hybridized carbons (Fsp3) is 0.214. The number of aromatic nitrogens is 2. The summed E-state index contributed by atoms with van der Waals surface area (Å²) in [5.74, 6) is -1.81. The van der Waals surface area contributed by atoms with Gasteiger partial charge in [0.2, 0.25) is 0 Å². The third-order valence-electron chi connectivity index (χ3n) is 2.75. The number of nitrogens with two attached hydrogens (primary N) is 1. The molecular weight excluding hydrogens is 278 g/mol. The Bertz CT molecular complexity index is 689. The lowest BCUT2D eigenvalue weighted by atomic mass is 10.2. The zero-order valence-electron chi connectivity index (χ0n) is 11.5. The van der Waals surface area contributed by atoms with Crippen molar-refractivity contribution in [3.05, 3.63) is 47.5 Å². The van der Waals surface area contributed by atoms with Crippen molar-refractivity contribution >= 4 is 17.3 Å². The minimum Gasteiger partial charge on any atom is -0.396 e. The fourth-order valence-corrected chi connectivity index (χ4v) is 1.64. The number of nitrogens with zero attached hydrogens (tertiary/aromatic N) is 2.